The SMILES string of the molecule is CC(C)CCCCCCC1OP(O)OC(CCCCCCC(C)C)c2ccccc21. The van der Waals surface area contributed by atoms with Gasteiger partial charge in [0.25, 0.3) is 0 Å². The van der Waals surface area contributed by atoms with Crippen molar-refractivity contribution in [2.75, 3.05) is 0 Å². The van der Waals surface area contributed by atoms with E-state index >= 15 is 0 Å². The molecule has 0 aromatic heterocycles. The summed E-state index contributed by atoms with van der Waals surface area (Å²) in [4.78, 5) is 10.4. The smallest absolute Gasteiger partial charge is 0.328 e. The molecule has 0 aliphatic carbocycles. The predicted molar refractivity (Wildman–Crippen MR) is 128 cm³/mol. The highest BCUT2D eigenvalue weighted by atomic mass is 31.2. The highest BCUT2D eigenvalue weighted by molar-refractivity contribution is 7.40. The topological polar surface area (TPSA) is 38.7 Å². The van der Waals surface area contributed by atoms with Crippen molar-refractivity contribution in [3.05, 3.63) is 35.4 Å². The third-order valence-electron chi connectivity index (χ3n) is 6.12. The van der Waals surface area contributed by atoms with E-state index in [-0.39, 0.29) is 12.2 Å². The van der Waals surface area contributed by atoms with Crippen molar-refractivity contribution in [2.24, 2.45) is 11.8 Å². The van der Waals surface area contributed by atoms with Crippen molar-refractivity contribution >= 4 is 8.60 Å². The molecular formula is C26H45O3P. The van der Waals surface area contributed by atoms with Gasteiger partial charge in [0, 0.05) is 0 Å². The largest absolute Gasteiger partial charge is 0.331 e. The Bertz CT molecular complexity index is 526. The molecule has 0 fully saturated rings. The maximum absolute atomic E-state index is 10.4. The fraction of sp³-hybridized carbons (Fsp3) is 0.769. The van der Waals surface area contributed by atoms with Gasteiger partial charge in [-0.25, -0.2) is 0 Å². The van der Waals surface area contributed by atoms with E-state index in [4.69, 9.17) is 9.05 Å². The van der Waals surface area contributed by atoms with Crippen LogP contribution in [0, 0.1) is 11.8 Å². The second-order valence-corrected chi connectivity index (χ2v) is 10.7. The second-order valence-electron chi connectivity index (χ2n) is 9.83. The Morgan fingerprint density at radius 3 is 1.50 bits per heavy atom. The molecule has 0 amide bonds. The molecule has 2 atom stereocenters. The summed E-state index contributed by atoms with van der Waals surface area (Å²) < 4.78 is 12.0. The zero-order valence-electron chi connectivity index (χ0n) is 19.8. The predicted octanol–water partition coefficient (Wildman–Crippen LogP) is 9.03. The summed E-state index contributed by atoms with van der Waals surface area (Å²) in [5.41, 5.74) is 2.45. The number of hydrogen-bond acceptors (Lipinski definition) is 3. The van der Waals surface area contributed by atoms with Crippen molar-refractivity contribution in [2.45, 2.75) is 117 Å². The van der Waals surface area contributed by atoms with Gasteiger partial charge in [-0.2, -0.15) is 0 Å². The third kappa shape index (κ3) is 9.77. The van der Waals surface area contributed by atoms with E-state index < -0.39 is 8.60 Å². The Kier molecular flexibility index (Phi) is 12.5. The molecule has 0 spiro atoms. The molecule has 0 bridgehead atoms. The lowest BCUT2D eigenvalue weighted by Gasteiger charge is -2.18. The lowest BCUT2D eigenvalue weighted by atomic mass is 9.92. The van der Waals surface area contributed by atoms with Crippen molar-refractivity contribution in [1.29, 1.82) is 0 Å². The summed E-state index contributed by atoms with van der Waals surface area (Å²) in [6, 6.07) is 8.52. The third-order valence-corrected chi connectivity index (χ3v) is 6.99. The Morgan fingerprint density at radius 2 is 1.10 bits per heavy atom. The first kappa shape index (κ1) is 25.8. The number of fused-ring (bicyclic) bond motifs is 1. The van der Waals surface area contributed by atoms with E-state index in [0.717, 1.165) is 37.5 Å². The van der Waals surface area contributed by atoms with Gasteiger partial charge in [-0.05, 0) is 35.8 Å². The summed E-state index contributed by atoms with van der Waals surface area (Å²) >= 11 is 0. The van der Waals surface area contributed by atoms with Gasteiger partial charge in [0.05, 0.1) is 12.2 Å². The zero-order valence-corrected chi connectivity index (χ0v) is 20.7. The minimum absolute atomic E-state index is 0.0431. The monoisotopic (exact) mass is 436 g/mol. The van der Waals surface area contributed by atoms with E-state index in [0.29, 0.717) is 0 Å². The average Bonchev–Trinajstić information content (AvgIpc) is 2.83. The summed E-state index contributed by atoms with van der Waals surface area (Å²) in [5.74, 6) is 1.59. The molecule has 0 radical (unpaired) electrons. The van der Waals surface area contributed by atoms with Crippen LogP contribution in [0.25, 0.3) is 0 Å². The van der Waals surface area contributed by atoms with Crippen LogP contribution in [0.15, 0.2) is 24.3 Å². The van der Waals surface area contributed by atoms with Gasteiger partial charge in [0.15, 0.2) is 0 Å². The normalized spacial score (nSPS) is 21.8. The van der Waals surface area contributed by atoms with Crippen LogP contribution < -0.4 is 0 Å². The van der Waals surface area contributed by atoms with Crippen LogP contribution in [-0.4, -0.2) is 4.89 Å². The number of unbranched alkanes of at least 4 members (excludes halogenated alkanes) is 6. The molecule has 2 unspecified atom stereocenters. The Balaban J connectivity index is 1.85. The molecule has 0 saturated heterocycles. The molecule has 1 aliphatic heterocycles. The Hall–Kier alpha value is -0.470. The molecule has 1 aliphatic rings. The van der Waals surface area contributed by atoms with Gasteiger partial charge >= 0.3 is 8.60 Å². The van der Waals surface area contributed by atoms with Gasteiger partial charge in [-0.1, -0.05) is 116 Å². The molecule has 3 nitrogen and oxygen atoms in total. The van der Waals surface area contributed by atoms with Gasteiger partial charge in [-0.15, -0.1) is 0 Å². The van der Waals surface area contributed by atoms with Gasteiger partial charge in [0.2, 0.25) is 0 Å². The summed E-state index contributed by atoms with van der Waals surface area (Å²) in [7, 11) is -1.82. The Morgan fingerprint density at radius 1 is 0.700 bits per heavy atom. The molecule has 1 aromatic rings. The lowest BCUT2D eigenvalue weighted by molar-refractivity contribution is 0.118. The number of hydrogen-bond donors (Lipinski definition) is 1. The number of rotatable bonds is 14. The summed E-state index contributed by atoms with van der Waals surface area (Å²) in [6.07, 6.45) is 14.4. The van der Waals surface area contributed by atoms with Crippen molar-refractivity contribution in [1.82, 2.24) is 0 Å². The fourth-order valence-electron chi connectivity index (χ4n) is 4.34. The van der Waals surface area contributed by atoms with E-state index in [9.17, 15) is 4.89 Å². The highest BCUT2D eigenvalue weighted by Gasteiger charge is 2.30. The molecule has 172 valence electrons. The second kappa shape index (κ2) is 14.6. The minimum Gasteiger partial charge on any atom is -0.328 e. The van der Waals surface area contributed by atoms with Gasteiger partial charge < -0.3 is 13.9 Å². The van der Waals surface area contributed by atoms with Crippen LogP contribution >= 0.6 is 8.60 Å². The summed E-state index contributed by atoms with van der Waals surface area (Å²) in [6.45, 7) is 9.17. The number of benzene rings is 1. The van der Waals surface area contributed by atoms with Crippen molar-refractivity contribution < 1.29 is 13.9 Å². The van der Waals surface area contributed by atoms with E-state index in [1.54, 1.807) is 0 Å². The molecule has 4 heteroatoms. The van der Waals surface area contributed by atoms with E-state index in [2.05, 4.69) is 52.0 Å². The standard InChI is InChI=1S/C26H45O3P/c1-21(2)15-9-5-7-11-19-25-23-17-13-14-18-24(23)26(29-30(27)28-25)20-12-8-6-10-16-22(3)4/h13-14,17-18,21-22,25-27H,5-12,15-16,19-20H2,1-4H3. The minimum atomic E-state index is -1.82. The van der Waals surface area contributed by atoms with Crippen LogP contribution in [0.4, 0.5) is 0 Å². The molecule has 1 N–H and O–H groups in total. The van der Waals surface area contributed by atoms with Crippen LogP contribution in [0.1, 0.15) is 128 Å². The van der Waals surface area contributed by atoms with Crippen LogP contribution in [0.2, 0.25) is 0 Å². The van der Waals surface area contributed by atoms with E-state index in [1.165, 1.54) is 62.5 Å². The van der Waals surface area contributed by atoms with Gasteiger partial charge in [0.1, 0.15) is 0 Å². The average molecular weight is 437 g/mol. The molecule has 0 saturated carbocycles. The molecule has 30 heavy (non-hydrogen) atoms. The first-order valence-corrected chi connectivity index (χ1v) is 13.5. The molecular weight excluding hydrogens is 391 g/mol. The maximum Gasteiger partial charge on any atom is 0.331 e. The lowest BCUT2D eigenvalue weighted by Crippen LogP contribution is -2.05. The Labute approximate surface area is 187 Å². The molecule has 1 heterocycles. The summed E-state index contributed by atoms with van der Waals surface area (Å²) in [5, 5.41) is 0. The van der Waals surface area contributed by atoms with Crippen molar-refractivity contribution in [3.8, 4) is 0 Å². The van der Waals surface area contributed by atoms with E-state index in [1.807, 2.05) is 0 Å². The van der Waals surface area contributed by atoms with Crippen molar-refractivity contribution in [3.63, 3.8) is 0 Å². The van der Waals surface area contributed by atoms with Gasteiger partial charge in [-0.3, -0.25) is 0 Å². The van der Waals surface area contributed by atoms with Crippen LogP contribution in [0.3, 0.4) is 0 Å². The fourth-order valence-corrected chi connectivity index (χ4v) is 5.26. The quantitative estimate of drug-likeness (QED) is 0.233. The molecule has 2 rings (SSSR count). The van der Waals surface area contributed by atoms with Crippen LogP contribution in [-0.2, 0) is 9.05 Å². The maximum atomic E-state index is 10.4. The first-order chi connectivity index (χ1) is 14.5. The molecule has 1 aromatic carbocycles. The first-order valence-electron chi connectivity index (χ1n) is 12.4. The van der Waals surface area contributed by atoms with Crippen LogP contribution in [0.5, 0.6) is 0 Å². The zero-order chi connectivity index (χ0) is 21.8. The highest BCUT2D eigenvalue weighted by Crippen LogP contribution is 2.51.